The Morgan fingerprint density at radius 2 is 1.56 bits per heavy atom. The largest absolute Gasteiger partial charge is 0.479 e. The molecule has 3 nitrogen and oxygen atoms in total. The van der Waals surface area contributed by atoms with Crippen molar-refractivity contribution in [3.63, 3.8) is 0 Å². The minimum atomic E-state index is -0.875. The summed E-state index contributed by atoms with van der Waals surface area (Å²) in [4.78, 5) is 10.4. The minimum Gasteiger partial charge on any atom is -0.479 e. The number of carboxylic acids is 1. The zero-order valence-corrected chi connectivity index (χ0v) is 10.7. The molecule has 0 radical (unpaired) electrons. The molecule has 0 aliphatic carbocycles. The molecule has 0 amide bonds. The summed E-state index contributed by atoms with van der Waals surface area (Å²) >= 11 is 0. The van der Waals surface area contributed by atoms with Crippen molar-refractivity contribution < 1.29 is 14.6 Å². The van der Waals surface area contributed by atoms with Crippen LogP contribution in [0.25, 0.3) is 0 Å². The van der Waals surface area contributed by atoms with E-state index in [9.17, 15) is 4.79 Å². The average molecular weight is 230 g/mol. The van der Waals surface area contributed by atoms with Crippen LogP contribution in [-0.4, -0.2) is 23.8 Å². The SMILES string of the molecule is CCCCCCCCCCOC(C)C(=O)O. The van der Waals surface area contributed by atoms with Crippen LogP contribution in [0.4, 0.5) is 0 Å². The molecule has 0 bridgehead atoms. The molecule has 3 heteroatoms. The van der Waals surface area contributed by atoms with Crippen molar-refractivity contribution in [2.75, 3.05) is 6.61 Å². The lowest BCUT2D eigenvalue weighted by Crippen LogP contribution is -2.20. The summed E-state index contributed by atoms with van der Waals surface area (Å²) in [6.45, 7) is 4.37. The van der Waals surface area contributed by atoms with Crippen molar-refractivity contribution in [3.05, 3.63) is 0 Å². The Morgan fingerprint density at radius 1 is 1.06 bits per heavy atom. The highest BCUT2D eigenvalue weighted by molar-refractivity contribution is 5.71. The van der Waals surface area contributed by atoms with Crippen molar-refractivity contribution in [1.29, 1.82) is 0 Å². The van der Waals surface area contributed by atoms with Crippen molar-refractivity contribution in [2.45, 2.75) is 71.3 Å². The molecule has 0 aliphatic heterocycles. The fraction of sp³-hybridized carbons (Fsp3) is 0.923. The van der Waals surface area contributed by atoms with Crippen LogP contribution in [0, 0.1) is 0 Å². The van der Waals surface area contributed by atoms with Crippen molar-refractivity contribution in [3.8, 4) is 0 Å². The summed E-state index contributed by atoms with van der Waals surface area (Å²) in [6, 6.07) is 0. The van der Waals surface area contributed by atoms with Gasteiger partial charge in [-0.15, -0.1) is 0 Å². The van der Waals surface area contributed by atoms with Crippen LogP contribution >= 0.6 is 0 Å². The van der Waals surface area contributed by atoms with Gasteiger partial charge in [0.15, 0.2) is 6.10 Å². The maximum atomic E-state index is 10.4. The van der Waals surface area contributed by atoms with E-state index < -0.39 is 12.1 Å². The maximum absolute atomic E-state index is 10.4. The molecule has 0 saturated heterocycles. The van der Waals surface area contributed by atoms with E-state index in [2.05, 4.69) is 6.92 Å². The highest BCUT2D eigenvalue weighted by Gasteiger charge is 2.09. The quantitative estimate of drug-likeness (QED) is 0.551. The van der Waals surface area contributed by atoms with Crippen LogP contribution in [0.2, 0.25) is 0 Å². The molecule has 1 atom stereocenters. The lowest BCUT2D eigenvalue weighted by atomic mass is 10.1. The molecule has 96 valence electrons. The lowest BCUT2D eigenvalue weighted by Gasteiger charge is -2.07. The lowest BCUT2D eigenvalue weighted by molar-refractivity contribution is -0.149. The Kier molecular flexibility index (Phi) is 10.5. The van der Waals surface area contributed by atoms with E-state index in [0.717, 1.165) is 12.8 Å². The molecule has 0 heterocycles. The maximum Gasteiger partial charge on any atom is 0.332 e. The number of rotatable bonds is 11. The third-order valence-electron chi connectivity index (χ3n) is 2.71. The zero-order chi connectivity index (χ0) is 12.2. The van der Waals surface area contributed by atoms with Gasteiger partial charge in [-0.1, -0.05) is 51.9 Å². The van der Waals surface area contributed by atoms with Gasteiger partial charge in [0.25, 0.3) is 0 Å². The highest BCUT2D eigenvalue weighted by atomic mass is 16.5. The second kappa shape index (κ2) is 10.9. The summed E-state index contributed by atoms with van der Waals surface area (Å²) in [5.74, 6) is -0.875. The molecule has 0 spiro atoms. The van der Waals surface area contributed by atoms with Crippen LogP contribution in [0.3, 0.4) is 0 Å². The van der Waals surface area contributed by atoms with Gasteiger partial charge in [-0.05, 0) is 13.3 Å². The summed E-state index contributed by atoms with van der Waals surface area (Å²) < 4.78 is 5.15. The molecule has 0 saturated carbocycles. The van der Waals surface area contributed by atoms with Crippen LogP contribution in [0.15, 0.2) is 0 Å². The standard InChI is InChI=1S/C13H26O3/c1-3-4-5-6-7-8-9-10-11-16-12(2)13(14)15/h12H,3-11H2,1-2H3,(H,14,15). The highest BCUT2D eigenvalue weighted by Crippen LogP contribution is 2.08. The predicted molar refractivity (Wildman–Crippen MR) is 65.7 cm³/mol. The van der Waals surface area contributed by atoms with Gasteiger partial charge in [0.2, 0.25) is 0 Å². The first-order valence-corrected chi connectivity index (χ1v) is 6.53. The molecule has 1 unspecified atom stereocenters. The zero-order valence-electron chi connectivity index (χ0n) is 10.7. The van der Waals surface area contributed by atoms with E-state index in [-0.39, 0.29) is 0 Å². The van der Waals surface area contributed by atoms with Gasteiger partial charge in [-0.2, -0.15) is 0 Å². The number of carbonyl (C=O) groups is 1. The van der Waals surface area contributed by atoms with E-state index in [1.807, 2.05) is 0 Å². The Balaban J connectivity index is 3.07. The number of hydrogen-bond acceptors (Lipinski definition) is 2. The minimum absolute atomic E-state index is 0.572. The second-order valence-corrected chi connectivity index (χ2v) is 4.33. The molecule has 16 heavy (non-hydrogen) atoms. The van der Waals surface area contributed by atoms with E-state index in [1.54, 1.807) is 6.92 Å². The number of ether oxygens (including phenoxy) is 1. The van der Waals surface area contributed by atoms with Gasteiger partial charge in [0, 0.05) is 6.61 Å². The first kappa shape index (κ1) is 15.4. The molecule has 0 rings (SSSR count). The predicted octanol–water partition coefficient (Wildman–Crippen LogP) is 3.62. The molecule has 0 aromatic carbocycles. The summed E-state index contributed by atoms with van der Waals surface area (Å²) in [7, 11) is 0. The van der Waals surface area contributed by atoms with Gasteiger partial charge in [-0.3, -0.25) is 0 Å². The Hall–Kier alpha value is -0.570. The molecular weight excluding hydrogens is 204 g/mol. The molecule has 0 aliphatic rings. The molecule has 0 fully saturated rings. The van der Waals surface area contributed by atoms with Gasteiger partial charge in [0.1, 0.15) is 0 Å². The van der Waals surface area contributed by atoms with Gasteiger partial charge in [-0.25, -0.2) is 4.79 Å². The van der Waals surface area contributed by atoms with Gasteiger partial charge >= 0.3 is 5.97 Å². The smallest absolute Gasteiger partial charge is 0.332 e. The fourth-order valence-corrected chi connectivity index (χ4v) is 1.57. The number of unbranched alkanes of at least 4 members (excludes halogenated alkanes) is 7. The molecule has 1 N–H and O–H groups in total. The number of aliphatic carboxylic acids is 1. The van der Waals surface area contributed by atoms with Crippen molar-refractivity contribution >= 4 is 5.97 Å². The van der Waals surface area contributed by atoms with Gasteiger partial charge < -0.3 is 9.84 Å². The third-order valence-corrected chi connectivity index (χ3v) is 2.71. The second-order valence-electron chi connectivity index (χ2n) is 4.33. The summed E-state index contributed by atoms with van der Waals surface area (Å²) in [5, 5.41) is 8.58. The third kappa shape index (κ3) is 9.97. The Labute approximate surface area is 99.2 Å². The van der Waals surface area contributed by atoms with Crippen LogP contribution < -0.4 is 0 Å². The van der Waals surface area contributed by atoms with Crippen molar-refractivity contribution in [2.24, 2.45) is 0 Å². The molecule has 0 aromatic heterocycles. The first-order valence-electron chi connectivity index (χ1n) is 6.53. The average Bonchev–Trinajstić information content (AvgIpc) is 2.26. The Morgan fingerprint density at radius 3 is 2.06 bits per heavy atom. The van der Waals surface area contributed by atoms with Crippen molar-refractivity contribution in [1.82, 2.24) is 0 Å². The summed E-state index contributed by atoms with van der Waals surface area (Å²) in [6.07, 6.45) is 9.33. The number of carboxylic acid groups (broad SMARTS) is 1. The monoisotopic (exact) mass is 230 g/mol. The Bertz CT molecular complexity index is 169. The van der Waals surface area contributed by atoms with E-state index >= 15 is 0 Å². The molecule has 0 aromatic rings. The van der Waals surface area contributed by atoms with E-state index in [4.69, 9.17) is 9.84 Å². The van der Waals surface area contributed by atoms with Crippen LogP contribution in [0.5, 0.6) is 0 Å². The van der Waals surface area contributed by atoms with E-state index in [0.29, 0.717) is 6.61 Å². The van der Waals surface area contributed by atoms with Gasteiger partial charge in [0.05, 0.1) is 0 Å². The number of hydrogen-bond donors (Lipinski definition) is 1. The fourth-order valence-electron chi connectivity index (χ4n) is 1.57. The topological polar surface area (TPSA) is 46.5 Å². The summed E-state index contributed by atoms with van der Waals surface area (Å²) in [5.41, 5.74) is 0. The van der Waals surface area contributed by atoms with Crippen LogP contribution in [0.1, 0.15) is 65.2 Å². The normalized spacial score (nSPS) is 12.6. The molecular formula is C13H26O3. The first-order chi connectivity index (χ1) is 7.68. The van der Waals surface area contributed by atoms with Crippen LogP contribution in [-0.2, 0) is 9.53 Å². The van der Waals surface area contributed by atoms with E-state index in [1.165, 1.54) is 38.5 Å².